The lowest BCUT2D eigenvalue weighted by Crippen LogP contribution is -2.45. The van der Waals surface area contributed by atoms with Crippen molar-refractivity contribution in [1.29, 1.82) is 0 Å². The summed E-state index contributed by atoms with van der Waals surface area (Å²) in [6, 6.07) is 0.714. The van der Waals surface area contributed by atoms with Crippen LogP contribution in [0.15, 0.2) is 0 Å². The smallest absolute Gasteiger partial charge is 0.0159 e. The van der Waals surface area contributed by atoms with E-state index in [1.165, 1.54) is 51.7 Å². The number of hydrogen-bond acceptors (Lipinski definition) is 2. The van der Waals surface area contributed by atoms with Crippen LogP contribution in [0.5, 0.6) is 0 Å². The summed E-state index contributed by atoms with van der Waals surface area (Å²) in [7, 11) is 0. The zero-order valence-electron chi connectivity index (χ0n) is 14.5. The van der Waals surface area contributed by atoms with Gasteiger partial charge in [0.05, 0.1) is 0 Å². The van der Waals surface area contributed by atoms with Crippen LogP contribution >= 0.6 is 0 Å². The zero-order chi connectivity index (χ0) is 14.8. The standard InChI is InChI=1S/C18H36N2/c1-6-18(7-2)11-12-20(14-18)13-15-9-10-17(4,5)16(15)19-8-3/h15-16,19H,6-14H2,1-5H3. The molecule has 0 amide bonds. The largest absolute Gasteiger partial charge is 0.313 e. The maximum Gasteiger partial charge on any atom is 0.0159 e. The van der Waals surface area contributed by atoms with E-state index in [0.717, 1.165) is 12.5 Å². The third-order valence-electron chi connectivity index (χ3n) is 6.41. The van der Waals surface area contributed by atoms with Crippen molar-refractivity contribution in [2.75, 3.05) is 26.2 Å². The molecule has 20 heavy (non-hydrogen) atoms. The van der Waals surface area contributed by atoms with Crippen LogP contribution in [0.2, 0.25) is 0 Å². The molecule has 2 nitrogen and oxygen atoms in total. The molecule has 1 aliphatic carbocycles. The summed E-state index contributed by atoms with van der Waals surface area (Å²) < 4.78 is 0. The number of nitrogens with one attached hydrogen (secondary N) is 1. The molecule has 2 unspecified atom stereocenters. The predicted octanol–water partition coefficient (Wildman–Crippen LogP) is 3.91. The highest BCUT2D eigenvalue weighted by molar-refractivity contribution is 4.98. The molecule has 1 saturated carbocycles. The number of likely N-dealkylation sites (tertiary alicyclic amines) is 1. The second-order valence-electron chi connectivity index (χ2n) is 8.01. The van der Waals surface area contributed by atoms with E-state index in [9.17, 15) is 0 Å². The van der Waals surface area contributed by atoms with Gasteiger partial charge >= 0.3 is 0 Å². The fraction of sp³-hybridized carbons (Fsp3) is 1.00. The van der Waals surface area contributed by atoms with Gasteiger partial charge in [0.2, 0.25) is 0 Å². The summed E-state index contributed by atoms with van der Waals surface area (Å²) in [5.41, 5.74) is 1.11. The lowest BCUT2D eigenvalue weighted by atomic mass is 9.82. The third kappa shape index (κ3) is 3.22. The Labute approximate surface area is 126 Å². The zero-order valence-corrected chi connectivity index (χ0v) is 14.5. The van der Waals surface area contributed by atoms with Gasteiger partial charge < -0.3 is 10.2 Å². The van der Waals surface area contributed by atoms with Gasteiger partial charge in [0.15, 0.2) is 0 Å². The summed E-state index contributed by atoms with van der Waals surface area (Å²) in [6.07, 6.45) is 6.92. The maximum absolute atomic E-state index is 3.78. The van der Waals surface area contributed by atoms with Gasteiger partial charge in [-0.25, -0.2) is 0 Å². The Morgan fingerprint density at radius 3 is 2.35 bits per heavy atom. The molecular formula is C18H36N2. The SMILES string of the molecule is CCNC1C(CN2CCC(CC)(CC)C2)CCC1(C)C. The highest BCUT2D eigenvalue weighted by Crippen LogP contribution is 2.43. The van der Waals surface area contributed by atoms with Crippen molar-refractivity contribution in [2.24, 2.45) is 16.7 Å². The van der Waals surface area contributed by atoms with Crippen LogP contribution in [-0.2, 0) is 0 Å². The van der Waals surface area contributed by atoms with E-state index in [1.807, 2.05) is 0 Å². The Balaban J connectivity index is 1.94. The number of hydrogen-bond donors (Lipinski definition) is 1. The van der Waals surface area contributed by atoms with E-state index in [0.29, 0.717) is 16.9 Å². The first-order valence-corrected chi connectivity index (χ1v) is 8.92. The Kier molecular flexibility index (Phi) is 5.18. The van der Waals surface area contributed by atoms with Crippen LogP contribution in [0, 0.1) is 16.7 Å². The molecule has 0 aromatic heterocycles. The molecule has 2 aliphatic rings. The first kappa shape index (κ1) is 16.3. The van der Waals surface area contributed by atoms with Crippen molar-refractivity contribution >= 4 is 0 Å². The van der Waals surface area contributed by atoms with Crippen LogP contribution in [0.1, 0.15) is 66.7 Å². The van der Waals surface area contributed by atoms with Gasteiger partial charge in [-0.15, -0.1) is 0 Å². The topological polar surface area (TPSA) is 15.3 Å². The van der Waals surface area contributed by atoms with Crippen molar-refractivity contribution in [3.05, 3.63) is 0 Å². The average Bonchev–Trinajstić information content (AvgIpc) is 2.96. The van der Waals surface area contributed by atoms with E-state index in [2.05, 4.69) is 44.8 Å². The molecule has 0 radical (unpaired) electrons. The van der Waals surface area contributed by atoms with Gasteiger partial charge in [0.1, 0.15) is 0 Å². The molecule has 1 heterocycles. The second kappa shape index (κ2) is 6.36. The van der Waals surface area contributed by atoms with E-state index in [1.54, 1.807) is 0 Å². The summed E-state index contributed by atoms with van der Waals surface area (Å²) in [6.45, 7) is 17.0. The first-order chi connectivity index (χ1) is 9.46. The highest BCUT2D eigenvalue weighted by Gasteiger charge is 2.43. The minimum atomic E-state index is 0.479. The first-order valence-electron chi connectivity index (χ1n) is 8.92. The van der Waals surface area contributed by atoms with Gasteiger partial charge in [-0.3, -0.25) is 0 Å². The minimum Gasteiger partial charge on any atom is -0.313 e. The number of rotatable bonds is 6. The van der Waals surface area contributed by atoms with Crippen LogP contribution in [0.25, 0.3) is 0 Å². The summed E-state index contributed by atoms with van der Waals surface area (Å²) >= 11 is 0. The van der Waals surface area contributed by atoms with Crippen LogP contribution < -0.4 is 5.32 Å². The molecular weight excluding hydrogens is 244 g/mol. The van der Waals surface area contributed by atoms with Crippen LogP contribution in [0.4, 0.5) is 0 Å². The molecule has 2 atom stereocenters. The van der Waals surface area contributed by atoms with Crippen molar-refractivity contribution in [1.82, 2.24) is 10.2 Å². The van der Waals surface area contributed by atoms with Gasteiger partial charge in [-0.05, 0) is 61.9 Å². The fourth-order valence-corrected chi connectivity index (χ4v) is 4.72. The molecule has 2 heteroatoms. The van der Waals surface area contributed by atoms with Crippen LogP contribution in [-0.4, -0.2) is 37.1 Å². The average molecular weight is 280 g/mol. The lowest BCUT2D eigenvalue weighted by molar-refractivity contribution is 0.184. The minimum absolute atomic E-state index is 0.479. The van der Waals surface area contributed by atoms with Gasteiger partial charge in [0.25, 0.3) is 0 Å². The second-order valence-corrected chi connectivity index (χ2v) is 8.01. The third-order valence-corrected chi connectivity index (χ3v) is 6.41. The van der Waals surface area contributed by atoms with Crippen molar-refractivity contribution in [3.63, 3.8) is 0 Å². The van der Waals surface area contributed by atoms with E-state index in [-0.39, 0.29) is 0 Å². The summed E-state index contributed by atoms with van der Waals surface area (Å²) in [5.74, 6) is 0.856. The van der Waals surface area contributed by atoms with Crippen LogP contribution in [0.3, 0.4) is 0 Å². The van der Waals surface area contributed by atoms with E-state index < -0.39 is 0 Å². The molecule has 0 bridgehead atoms. The molecule has 1 saturated heterocycles. The van der Waals surface area contributed by atoms with Crippen molar-refractivity contribution in [3.8, 4) is 0 Å². The molecule has 0 spiro atoms. The molecule has 2 rings (SSSR count). The van der Waals surface area contributed by atoms with E-state index in [4.69, 9.17) is 0 Å². The number of nitrogens with zero attached hydrogens (tertiary/aromatic N) is 1. The van der Waals surface area contributed by atoms with Gasteiger partial charge in [-0.2, -0.15) is 0 Å². The lowest BCUT2D eigenvalue weighted by Gasteiger charge is -2.34. The monoisotopic (exact) mass is 280 g/mol. The molecule has 1 aliphatic heterocycles. The fourth-order valence-electron chi connectivity index (χ4n) is 4.72. The predicted molar refractivity (Wildman–Crippen MR) is 88.0 cm³/mol. The molecule has 1 N–H and O–H groups in total. The molecule has 2 fully saturated rings. The van der Waals surface area contributed by atoms with Crippen molar-refractivity contribution < 1.29 is 0 Å². The molecule has 0 aromatic carbocycles. The van der Waals surface area contributed by atoms with E-state index >= 15 is 0 Å². The summed E-state index contributed by atoms with van der Waals surface area (Å²) in [5, 5.41) is 3.78. The Morgan fingerprint density at radius 1 is 1.10 bits per heavy atom. The normalized spacial score (nSPS) is 32.9. The molecule has 0 aromatic rings. The van der Waals surface area contributed by atoms with Gasteiger partial charge in [-0.1, -0.05) is 34.6 Å². The quantitative estimate of drug-likeness (QED) is 0.793. The Bertz CT molecular complexity index is 307. The summed E-state index contributed by atoms with van der Waals surface area (Å²) in [4.78, 5) is 2.77. The maximum atomic E-state index is 3.78. The van der Waals surface area contributed by atoms with Crippen molar-refractivity contribution in [2.45, 2.75) is 72.8 Å². The van der Waals surface area contributed by atoms with Gasteiger partial charge in [0, 0.05) is 19.1 Å². The Morgan fingerprint density at radius 2 is 1.80 bits per heavy atom. The highest BCUT2D eigenvalue weighted by atomic mass is 15.2. The molecule has 118 valence electrons. The Hall–Kier alpha value is -0.0800.